The van der Waals surface area contributed by atoms with E-state index in [0.717, 1.165) is 6.08 Å². The Morgan fingerprint density at radius 3 is 2.59 bits per heavy atom. The summed E-state index contributed by atoms with van der Waals surface area (Å²) in [4.78, 5) is 27.5. The number of carbonyl (C=O) groups excluding carboxylic acids is 2. The predicted molar refractivity (Wildman–Crippen MR) is 84.1 cm³/mol. The summed E-state index contributed by atoms with van der Waals surface area (Å²) in [6.45, 7) is 4.81. The van der Waals surface area contributed by atoms with Crippen molar-refractivity contribution in [2.45, 2.75) is 19.8 Å². The van der Waals surface area contributed by atoms with Gasteiger partial charge in [-0.25, -0.2) is 4.39 Å². The second kappa shape index (κ2) is 8.67. The minimum atomic E-state index is -0.757. The van der Waals surface area contributed by atoms with Gasteiger partial charge in [0.05, 0.1) is 12.7 Å². The molecule has 0 fully saturated rings. The van der Waals surface area contributed by atoms with Crippen LogP contribution < -0.4 is 4.74 Å². The van der Waals surface area contributed by atoms with Gasteiger partial charge < -0.3 is 4.74 Å². The fourth-order valence-electron chi connectivity index (χ4n) is 1.88. The number of aliphatic imine (C=N–C) groups is 1. The van der Waals surface area contributed by atoms with E-state index in [9.17, 15) is 14.0 Å². The van der Waals surface area contributed by atoms with E-state index in [4.69, 9.17) is 4.74 Å². The van der Waals surface area contributed by atoms with E-state index in [1.165, 1.54) is 13.2 Å². The fraction of sp³-hybridized carbons (Fsp3) is 0.235. The zero-order valence-electron chi connectivity index (χ0n) is 12.6. The molecule has 1 rings (SSSR count). The molecule has 0 aromatic heterocycles. The van der Waals surface area contributed by atoms with Crippen LogP contribution in [0, 0.1) is 0 Å². The average Bonchev–Trinajstić information content (AvgIpc) is 2.53. The summed E-state index contributed by atoms with van der Waals surface area (Å²) in [5.41, 5.74) is 0.0368. The van der Waals surface area contributed by atoms with E-state index in [1.54, 1.807) is 31.2 Å². The lowest BCUT2D eigenvalue weighted by atomic mass is 10.0. The number of para-hydroxylation sites is 1. The van der Waals surface area contributed by atoms with E-state index in [0.29, 0.717) is 11.3 Å². The molecule has 1 aromatic rings. The number of halogens is 1. The summed E-state index contributed by atoms with van der Waals surface area (Å²) < 4.78 is 18.7. The van der Waals surface area contributed by atoms with Crippen molar-refractivity contribution in [2.75, 3.05) is 7.11 Å². The molecule has 0 saturated heterocycles. The number of ether oxygens (including phenoxy) is 1. The summed E-state index contributed by atoms with van der Waals surface area (Å²) in [6, 6.07) is 6.74. The molecule has 0 heterocycles. The highest BCUT2D eigenvalue weighted by molar-refractivity contribution is 6.03. The first-order valence-electron chi connectivity index (χ1n) is 6.73. The Bertz CT molecular complexity index is 633. The van der Waals surface area contributed by atoms with Crippen molar-refractivity contribution < 1.29 is 18.7 Å². The van der Waals surface area contributed by atoms with Gasteiger partial charge in [0.1, 0.15) is 11.4 Å². The third-order valence-corrected chi connectivity index (χ3v) is 2.95. The van der Waals surface area contributed by atoms with Gasteiger partial charge in [-0.3, -0.25) is 14.6 Å². The zero-order chi connectivity index (χ0) is 16.5. The van der Waals surface area contributed by atoms with E-state index in [-0.39, 0.29) is 24.3 Å². The number of carbonyl (C=O) groups is 2. The maximum absolute atomic E-state index is 13.6. The second-order valence-electron chi connectivity index (χ2n) is 4.40. The smallest absolute Gasteiger partial charge is 0.184 e. The topological polar surface area (TPSA) is 55.7 Å². The molecule has 0 unspecified atom stereocenters. The lowest BCUT2D eigenvalue weighted by molar-refractivity contribution is -0.115. The summed E-state index contributed by atoms with van der Waals surface area (Å²) in [6.07, 6.45) is 2.38. The van der Waals surface area contributed by atoms with E-state index < -0.39 is 11.6 Å². The highest BCUT2D eigenvalue weighted by Gasteiger charge is 2.17. The van der Waals surface area contributed by atoms with Crippen molar-refractivity contribution in [3.63, 3.8) is 0 Å². The molecule has 0 aliphatic rings. The van der Waals surface area contributed by atoms with Gasteiger partial charge in [-0.1, -0.05) is 18.2 Å². The van der Waals surface area contributed by atoms with Crippen LogP contribution >= 0.6 is 0 Å². The zero-order valence-corrected chi connectivity index (χ0v) is 12.6. The minimum Gasteiger partial charge on any atom is -0.496 e. The lowest BCUT2D eigenvalue weighted by Gasteiger charge is -2.07. The third kappa shape index (κ3) is 4.48. The van der Waals surface area contributed by atoms with Crippen LogP contribution in [0.25, 0.3) is 0 Å². The van der Waals surface area contributed by atoms with Crippen LogP contribution in [-0.4, -0.2) is 25.4 Å². The van der Waals surface area contributed by atoms with Crippen molar-refractivity contribution in [1.29, 1.82) is 0 Å². The number of Topliss-reactive ketones (excluding diaryl/α,β-unsaturated/α-hetero) is 2. The van der Waals surface area contributed by atoms with Crippen LogP contribution in [0.15, 0.2) is 52.9 Å². The monoisotopic (exact) mass is 303 g/mol. The number of methoxy groups -OCH3 is 1. The fourth-order valence-corrected chi connectivity index (χ4v) is 1.88. The summed E-state index contributed by atoms with van der Waals surface area (Å²) in [5.74, 6) is -1.13. The first kappa shape index (κ1) is 17.5. The molecule has 22 heavy (non-hydrogen) atoms. The number of ketones is 2. The molecule has 0 aliphatic carbocycles. The van der Waals surface area contributed by atoms with E-state index in [2.05, 4.69) is 11.7 Å². The summed E-state index contributed by atoms with van der Waals surface area (Å²) in [7, 11) is 1.46. The third-order valence-electron chi connectivity index (χ3n) is 2.95. The lowest BCUT2D eigenvalue weighted by Crippen LogP contribution is -2.08. The van der Waals surface area contributed by atoms with Gasteiger partial charge in [0.25, 0.3) is 0 Å². The molecule has 0 spiro atoms. The van der Waals surface area contributed by atoms with Crippen molar-refractivity contribution in [3.05, 3.63) is 53.5 Å². The molecule has 0 radical (unpaired) electrons. The molecular weight excluding hydrogens is 285 g/mol. The molecule has 5 heteroatoms. The van der Waals surface area contributed by atoms with Gasteiger partial charge in [-0.2, -0.15) is 0 Å². The molecular formula is C17H18FNO3. The van der Waals surface area contributed by atoms with Crippen molar-refractivity contribution >= 4 is 18.3 Å². The largest absolute Gasteiger partial charge is 0.496 e. The van der Waals surface area contributed by atoms with Crippen LogP contribution in [0.5, 0.6) is 5.75 Å². The Labute approximate surface area is 129 Å². The quantitative estimate of drug-likeness (QED) is 0.318. The Morgan fingerprint density at radius 1 is 1.32 bits per heavy atom. The van der Waals surface area contributed by atoms with Gasteiger partial charge in [-0.05, 0) is 31.9 Å². The highest BCUT2D eigenvalue weighted by Crippen LogP contribution is 2.20. The van der Waals surface area contributed by atoms with Gasteiger partial charge in [0.2, 0.25) is 0 Å². The Hall–Kier alpha value is -2.56. The molecule has 0 saturated carbocycles. The number of rotatable bonds is 8. The minimum absolute atomic E-state index is 0.0542. The number of hydrogen-bond acceptors (Lipinski definition) is 4. The van der Waals surface area contributed by atoms with Crippen molar-refractivity contribution in [3.8, 4) is 5.75 Å². The molecule has 0 bridgehead atoms. The molecule has 4 nitrogen and oxygen atoms in total. The second-order valence-corrected chi connectivity index (χ2v) is 4.40. The van der Waals surface area contributed by atoms with E-state index in [1.807, 2.05) is 0 Å². The maximum Gasteiger partial charge on any atom is 0.184 e. The van der Waals surface area contributed by atoms with Crippen LogP contribution in [-0.2, 0) is 4.79 Å². The molecule has 0 amide bonds. The van der Waals surface area contributed by atoms with Gasteiger partial charge in [-0.15, -0.1) is 0 Å². The van der Waals surface area contributed by atoms with Crippen LogP contribution in [0.3, 0.4) is 0 Å². The molecule has 0 aliphatic heterocycles. The molecule has 0 atom stereocenters. The van der Waals surface area contributed by atoms with Crippen molar-refractivity contribution in [2.24, 2.45) is 4.99 Å². The Kier molecular flexibility index (Phi) is 6.89. The number of hydrogen-bond donors (Lipinski definition) is 0. The van der Waals surface area contributed by atoms with Crippen LogP contribution in [0.2, 0.25) is 0 Å². The Morgan fingerprint density at radius 2 is 2.00 bits per heavy atom. The Balaban J connectivity index is 2.81. The summed E-state index contributed by atoms with van der Waals surface area (Å²) >= 11 is 0. The molecule has 116 valence electrons. The predicted octanol–water partition coefficient (Wildman–Crippen LogP) is 3.69. The SMILES string of the molecule is C=N/C(C(=O)CCC(=O)c1ccccc1OC)=C(F)\C=C/C. The van der Waals surface area contributed by atoms with E-state index >= 15 is 0 Å². The highest BCUT2D eigenvalue weighted by atomic mass is 19.1. The van der Waals surface area contributed by atoms with Crippen LogP contribution in [0.4, 0.5) is 4.39 Å². The molecule has 0 N–H and O–H groups in total. The number of benzene rings is 1. The standard InChI is InChI=1S/C17H18FNO3/c1-4-7-13(18)17(19-2)15(21)11-10-14(20)12-8-5-6-9-16(12)22-3/h4-9H,2,10-11H2,1,3H3/b7-4-,17-13+. The summed E-state index contributed by atoms with van der Waals surface area (Å²) in [5, 5.41) is 0. The number of nitrogens with zero attached hydrogens (tertiary/aromatic N) is 1. The average molecular weight is 303 g/mol. The first-order chi connectivity index (χ1) is 10.5. The van der Waals surface area contributed by atoms with Crippen molar-refractivity contribution in [1.82, 2.24) is 0 Å². The molecule has 1 aromatic carbocycles. The van der Waals surface area contributed by atoms with Crippen LogP contribution in [0.1, 0.15) is 30.1 Å². The normalized spacial score (nSPS) is 12.0. The number of allylic oxidation sites excluding steroid dienone is 4. The van der Waals surface area contributed by atoms with Gasteiger partial charge >= 0.3 is 0 Å². The van der Waals surface area contributed by atoms with Gasteiger partial charge in [0, 0.05) is 12.8 Å². The maximum atomic E-state index is 13.6. The van der Waals surface area contributed by atoms with Gasteiger partial charge in [0.15, 0.2) is 17.4 Å². The first-order valence-corrected chi connectivity index (χ1v) is 6.73.